The predicted molar refractivity (Wildman–Crippen MR) is 78.8 cm³/mol. The third kappa shape index (κ3) is 3.23. The van der Waals surface area contributed by atoms with Crippen LogP contribution >= 0.6 is 0 Å². The van der Waals surface area contributed by atoms with Crippen molar-refractivity contribution in [3.05, 3.63) is 59.9 Å². The van der Waals surface area contributed by atoms with E-state index in [1.54, 1.807) is 42.7 Å². The highest BCUT2D eigenvalue weighted by atomic mass is 32.2. The molecule has 0 aliphatic rings. The van der Waals surface area contributed by atoms with E-state index in [4.69, 9.17) is 0 Å². The summed E-state index contributed by atoms with van der Waals surface area (Å²) in [7, 11) is -3.56. The fourth-order valence-corrected chi connectivity index (χ4v) is 3.51. The maximum absolute atomic E-state index is 12.4. The van der Waals surface area contributed by atoms with Gasteiger partial charge < -0.3 is 0 Å². The van der Waals surface area contributed by atoms with Crippen LogP contribution in [0.5, 0.6) is 0 Å². The molecule has 5 heteroatoms. The van der Waals surface area contributed by atoms with Crippen LogP contribution in [0.1, 0.15) is 25.0 Å². The topological polar surface area (TPSA) is 59.1 Å². The Bertz CT molecular complexity index is 695. The Balaban J connectivity index is 2.33. The largest absolute Gasteiger partial charge is 0.265 e. The van der Waals surface area contributed by atoms with E-state index in [-0.39, 0.29) is 4.90 Å². The molecule has 0 atom stereocenters. The van der Waals surface area contributed by atoms with Gasteiger partial charge in [-0.15, -0.1) is 0 Å². The van der Waals surface area contributed by atoms with Crippen molar-refractivity contribution in [3.63, 3.8) is 0 Å². The van der Waals surface area contributed by atoms with E-state index in [1.807, 2.05) is 26.8 Å². The van der Waals surface area contributed by atoms with Crippen LogP contribution in [0.2, 0.25) is 0 Å². The molecular formula is C15H18N2O2S. The molecule has 0 aliphatic heterocycles. The number of aromatic nitrogens is 1. The van der Waals surface area contributed by atoms with E-state index < -0.39 is 15.6 Å². The van der Waals surface area contributed by atoms with E-state index in [2.05, 4.69) is 9.71 Å². The summed E-state index contributed by atoms with van der Waals surface area (Å²) in [6.45, 7) is 5.53. The number of hydrogen-bond acceptors (Lipinski definition) is 3. The van der Waals surface area contributed by atoms with Gasteiger partial charge in [0.1, 0.15) is 0 Å². The summed E-state index contributed by atoms with van der Waals surface area (Å²) in [5.41, 5.74) is 1.07. The zero-order chi connectivity index (χ0) is 14.8. The molecule has 0 saturated heterocycles. The van der Waals surface area contributed by atoms with Crippen molar-refractivity contribution in [1.82, 2.24) is 9.71 Å². The van der Waals surface area contributed by atoms with Crippen molar-refractivity contribution in [3.8, 4) is 0 Å². The number of hydrogen-bond donors (Lipinski definition) is 1. The molecule has 0 aliphatic carbocycles. The second kappa shape index (κ2) is 5.34. The van der Waals surface area contributed by atoms with Gasteiger partial charge in [0.2, 0.25) is 10.0 Å². The fraction of sp³-hybridized carbons (Fsp3) is 0.267. The minimum absolute atomic E-state index is 0.277. The van der Waals surface area contributed by atoms with Crippen LogP contribution in [-0.4, -0.2) is 13.4 Å². The molecule has 0 radical (unpaired) electrons. The summed E-state index contributed by atoms with van der Waals surface area (Å²) in [5, 5.41) is 0. The molecule has 0 amide bonds. The van der Waals surface area contributed by atoms with Gasteiger partial charge in [0.05, 0.1) is 10.4 Å². The molecule has 20 heavy (non-hydrogen) atoms. The van der Waals surface area contributed by atoms with Gasteiger partial charge in [0.25, 0.3) is 0 Å². The molecule has 0 spiro atoms. The Hall–Kier alpha value is -1.72. The monoisotopic (exact) mass is 290 g/mol. The molecule has 0 unspecified atom stereocenters. The summed E-state index contributed by atoms with van der Waals surface area (Å²) in [6.07, 6.45) is 3.30. The minimum Gasteiger partial charge on any atom is -0.265 e. The van der Waals surface area contributed by atoms with Crippen LogP contribution in [0.25, 0.3) is 0 Å². The van der Waals surface area contributed by atoms with Gasteiger partial charge in [0, 0.05) is 12.4 Å². The Morgan fingerprint density at radius 3 is 2.35 bits per heavy atom. The van der Waals surface area contributed by atoms with Crippen LogP contribution in [0.15, 0.2) is 53.7 Å². The number of benzene rings is 1. The first-order chi connectivity index (χ1) is 9.31. The lowest BCUT2D eigenvalue weighted by Crippen LogP contribution is -2.40. The Kier molecular flexibility index (Phi) is 3.92. The second-order valence-electron chi connectivity index (χ2n) is 5.28. The van der Waals surface area contributed by atoms with Crippen molar-refractivity contribution in [2.45, 2.75) is 31.2 Å². The maximum atomic E-state index is 12.4. The highest BCUT2D eigenvalue weighted by Gasteiger charge is 2.27. The van der Waals surface area contributed by atoms with Gasteiger partial charge in [-0.05, 0) is 56.2 Å². The van der Waals surface area contributed by atoms with E-state index in [9.17, 15) is 8.42 Å². The number of nitrogens with one attached hydrogen (secondary N) is 1. The number of sulfonamides is 1. The maximum Gasteiger partial charge on any atom is 0.241 e. The van der Waals surface area contributed by atoms with Crippen molar-refractivity contribution >= 4 is 10.0 Å². The molecule has 106 valence electrons. The van der Waals surface area contributed by atoms with E-state index in [1.165, 1.54) is 0 Å². The summed E-state index contributed by atoms with van der Waals surface area (Å²) in [4.78, 5) is 4.23. The van der Waals surface area contributed by atoms with Gasteiger partial charge in [-0.2, -0.15) is 0 Å². The predicted octanol–water partition coefficient (Wildman–Crippen LogP) is 2.60. The van der Waals surface area contributed by atoms with Gasteiger partial charge in [0.15, 0.2) is 0 Å². The summed E-state index contributed by atoms with van der Waals surface area (Å²) in [5.74, 6) is 0. The molecule has 4 nitrogen and oxygen atoms in total. The van der Waals surface area contributed by atoms with E-state index in [0.717, 1.165) is 11.1 Å². The normalized spacial score (nSPS) is 12.3. The number of aryl methyl sites for hydroxylation is 1. The highest BCUT2D eigenvalue weighted by Crippen LogP contribution is 2.22. The average Bonchev–Trinajstić information content (AvgIpc) is 2.39. The van der Waals surface area contributed by atoms with E-state index in [0.29, 0.717) is 0 Å². The van der Waals surface area contributed by atoms with Crippen LogP contribution in [0.3, 0.4) is 0 Å². The van der Waals surface area contributed by atoms with Crippen LogP contribution in [0.4, 0.5) is 0 Å². The van der Waals surface area contributed by atoms with Crippen molar-refractivity contribution < 1.29 is 8.42 Å². The van der Waals surface area contributed by atoms with Gasteiger partial charge in [-0.1, -0.05) is 12.1 Å². The van der Waals surface area contributed by atoms with Crippen LogP contribution < -0.4 is 4.72 Å². The molecule has 2 aromatic rings. The molecule has 1 aromatic heterocycles. The third-order valence-electron chi connectivity index (χ3n) is 3.09. The van der Waals surface area contributed by atoms with Gasteiger partial charge in [-0.25, -0.2) is 13.1 Å². The quantitative estimate of drug-likeness (QED) is 0.941. The molecule has 1 aromatic carbocycles. The minimum atomic E-state index is -3.56. The van der Waals surface area contributed by atoms with Crippen molar-refractivity contribution in [2.75, 3.05) is 0 Å². The van der Waals surface area contributed by atoms with Crippen LogP contribution in [-0.2, 0) is 15.6 Å². The molecule has 2 rings (SSSR count). The lowest BCUT2D eigenvalue weighted by molar-refractivity contribution is 0.471. The molecule has 0 saturated carbocycles. The average molecular weight is 290 g/mol. The smallest absolute Gasteiger partial charge is 0.241 e. The van der Waals surface area contributed by atoms with Crippen molar-refractivity contribution in [1.29, 1.82) is 0 Å². The van der Waals surface area contributed by atoms with E-state index >= 15 is 0 Å². The zero-order valence-electron chi connectivity index (χ0n) is 11.8. The first kappa shape index (κ1) is 14.7. The van der Waals surface area contributed by atoms with Gasteiger partial charge >= 0.3 is 0 Å². The summed E-state index contributed by atoms with van der Waals surface area (Å²) in [6, 6.07) is 10.5. The first-order valence-corrected chi connectivity index (χ1v) is 7.81. The lowest BCUT2D eigenvalue weighted by atomic mass is 9.97. The molecule has 0 fully saturated rings. The number of pyridine rings is 1. The highest BCUT2D eigenvalue weighted by molar-refractivity contribution is 7.89. The molecule has 1 N–H and O–H groups in total. The Labute approximate surface area is 119 Å². The Morgan fingerprint density at radius 1 is 1.10 bits per heavy atom. The Morgan fingerprint density at radius 2 is 1.75 bits per heavy atom. The fourth-order valence-electron chi connectivity index (χ4n) is 2.00. The summed E-state index contributed by atoms with van der Waals surface area (Å²) < 4.78 is 27.6. The standard InChI is InChI=1S/C15H18N2O2S/c1-12-5-4-6-14(11-12)20(18,19)17-15(2,3)13-7-9-16-10-8-13/h4-11,17H,1-3H3. The third-order valence-corrected chi connectivity index (χ3v) is 4.74. The molecular weight excluding hydrogens is 272 g/mol. The molecule has 0 bridgehead atoms. The first-order valence-electron chi connectivity index (χ1n) is 6.32. The van der Waals surface area contributed by atoms with Crippen molar-refractivity contribution in [2.24, 2.45) is 0 Å². The zero-order valence-corrected chi connectivity index (χ0v) is 12.6. The second-order valence-corrected chi connectivity index (χ2v) is 6.97. The SMILES string of the molecule is Cc1cccc(S(=O)(=O)NC(C)(C)c2ccncc2)c1. The van der Waals surface area contributed by atoms with Crippen LogP contribution in [0, 0.1) is 6.92 Å². The van der Waals surface area contributed by atoms with Gasteiger partial charge in [-0.3, -0.25) is 4.98 Å². The number of rotatable bonds is 4. The molecule has 1 heterocycles. The lowest BCUT2D eigenvalue weighted by Gasteiger charge is -2.26. The summed E-state index contributed by atoms with van der Waals surface area (Å²) >= 11 is 0. The number of nitrogens with zero attached hydrogens (tertiary/aromatic N) is 1.